The monoisotopic (exact) mass is 340 g/mol. The van der Waals surface area contributed by atoms with Crippen molar-refractivity contribution in [3.8, 4) is 0 Å². The molecular formula is C18H24N6O. The number of aromatic nitrogens is 4. The fourth-order valence-electron chi connectivity index (χ4n) is 4.36. The molecule has 0 bridgehead atoms. The number of amides is 1. The number of piperidine rings is 1. The minimum Gasteiger partial charge on any atom is -0.340 e. The van der Waals surface area contributed by atoms with Gasteiger partial charge in [0, 0.05) is 50.8 Å². The number of carbonyl (C=O) groups is 1. The van der Waals surface area contributed by atoms with Crippen LogP contribution < -0.4 is 4.90 Å². The molecule has 132 valence electrons. The molecule has 2 aromatic heterocycles. The largest absolute Gasteiger partial charge is 0.340 e. The van der Waals surface area contributed by atoms with Gasteiger partial charge >= 0.3 is 0 Å². The van der Waals surface area contributed by atoms with E-state index in [1.165, 1.54) is 0 Å². The standard InChI is InChI=1S/C18H24N6O/c1-13-9-19-18(20-10-13)22-7-4-17-15(11-22)8-16(24(17)14(2)25)12-23-6-3-5-21-23/h3,5-6,9-10,15-17H,4,7-8,11-12H2,1-2H3/t15-,16+,17+/m1/s1. The molecule has 0 saturated carbocycles. The molecule has 0 radical (unpaired) electrons. The lowest BCUT2D eigenvalue weighted by Gasteiger charge is -2.38. The molecule has 0 spiro atoms. The number of hydrogen-bond acceptors (Lipinski definition) is 5. The molecule has 2 aliphatic heterocycles. The fraction of sp³-hybridized carbons (Fsp3) is 0.556. The summed E-state index contributed by atoms with van der Waals surface area (Å²) in [5, 5.41) is 4.31. The van der Waals surface area contributed by atoms with Crippen molar-refractivity contribution in [1.29, 1.82) is 0 Å². The number of rotatable bonds is 3. The predicted octanol–water partition coefficient (Wildman–Crippen LogP) is 1.50. The number of nitrogens with zero attached hydrogens (tertiary/aromatic N) is 6. The normalized spacial score (nSPS) is 25.9. The summed E-state index contributed by atoms with van der Waals surface area (Å²) in [6, 6.07) is 2.46. The summed E-state index contributed by atoms with van der Waals surface area (Å²) in [4.78, 5) is 25.6. The van der Waals surface area contributed by atoms with Crippen LogP contribution in [0.25, 0.3) is 0 Å². The quantitative estimate of drug-likeness (QED) is 0.847. The Morgan fingerprint density at radius 1 is 1.32 bits per heavy atom. The Morgan fingerprint density at radius 2 is 2.12 bits per heavy atom. The molecule has 25 heavy (non-hydrogen) atoms. The summed E-state index contributed by atoms with van der Waals surface area (Å²) in [6.45, 7) is 6.25. The smallest absolute Gasteiger partial charge is 0.225 e. The summed E-state index contributed by atoms with van der Waals surface area (Å²) in [7, 11) is 0. The Morgan fingerprint density at radius 3 is 2.80 bits per heavy atom. The lowest BCUT2D eigenvalue weighted by Crippen LogP contribution is -2.49. The minimum atomic E-state index is 0.171. The van der Waals surface area contributed by atoms with Crippen LogP contribution in [-0.4, -0.2) is 55.7 Å². The summed E-state index contributed by atoms with van der Waals surface area (Å²) >= 11 is 0. The van der Waals surface area contributed by atoms with Gasteiger partial charge in [-0.25, -0.2) is 9.97 Å². The second-order valence-corrected chi connectivity index (χ2v) is 7.17. The zero-order valence-electron chi connectivity index (χ0n) is 14.7. The van der Waals surface area contributed by atoms with Crippen molar-refractivity contribution in [2.75, 3.05) is 18.0 Å². The van der Waals surface area contributed by atoms with Crippen LogP contribution in [0.2, 0.25) is 0 Å². The second kappa shape index (κ2) is 6.46. The van der Waals surface area contributed by atoms with E-state index in [4.69, 9.17) is 0 Å². The van der Waals surface area contributed by atoms with E-state index in [1.54, 1.807) is 13.1 Å². The molecule has 1 amide bonds. The van der Waals surface area contributed by atoms with Crippen LogP contribution in [0.15, 0.2) is 30.9 Å². The number of anilines is 1. The molecular weight excluding hydrogens is 316 g/mol. The van der Waals surface area contributed by atoms with Gasteiger partial charge in [0.25, 0.3) is 0 Å². The fourth-order valence-corrected chi connectivity index (χ4v) is 4.36. The van der Waals surface area contributed by atoms with Crippen molar-refractivity contribution >= 4 is 11.9 Å². The second-order valence-electron chi connectivity index (χ2n) is 7.17. The van der Waals surface area contributed by atoms with Gasteiger partial charge in [0.15, 0.2) is 0 Å². The van der Waals surface area contributed by atoms with Gasteiger partial charge in [0.05, 0.1) is 12.6 Å². The van der Waals surface area contributed by atoms with Crippen molar-refractivity contribution in [2.45, 2.75) is 45.3 Å². The first-order chi connectivity index (χ1) is 12.1. The van der Waals surface area contributed by atoms with Crippen molar-refractivity contribution in [3.05, 3.63) is 36.4 Å². The highest BCUT2D eigenvalue weighted by Crippen LogP contribution is 2.37. The molecule has 2 fully saturated rings. The lowest BCUT2D eigenvalue weighted by atomic mass is 9.92. The molecule has 7 nitrogen and oxygen atoms in total. The molecule has 2 saturated heterocycles. The third kappa shape index (κ3) is 3.10. The molecule has 0 unspecified atom stereocenters. The van der Waals surface area contributed by atoms with E-state index in [0.29, 0.717) is 12.0 Å². The van der Waals surface area contributed by atoms with Crippen LogP contribution in [0.5, 0.6) is 0 Å². The molecule has 2 aliphatic rings. The van der Waals surface area contributed by atoms with Gasteiger partial charge in [-0.1, -0.05) is 0 Å². The van der Waals surface area contributed by atoms with E-state index in [0.717, 1.165) is 44.0 Å². The van der Waals surface area contributed by atoms with Crippen molar-refractivity contribution in [2.24, 2.45) is 5.92 Å². The van der Waals surface area contributed by atoms with E-state index in [2.05, 4.69) is 24.9 Å². The first kappa shape index (κ1) is 16.1. The van der Waals surface area contributed by atoms with E-state index in [1.807, 2.05) is 36.3 Å². The first-order valence-electron chi connectivity index (χ1n) is 8.92. The number of hydrogen-bond donors (Lipinski definition) is 0. The van der Waals surface area contributed by atoms with Crippen molar-refractivity contribution in [1.82, 2.24) is 24.6 Å². The van der Waals surface area contributed by atoms with E-state index in [-0.39, 0.29) is 11.9 Å². The first-order valence-corrected chi connectivity index (χ1v) is 8.92. The third-order valence-corrected chi connectivity index (χ3v) is 5.39. The summed E-state index contributed by atoms with van der Waals surface area (Å²) < 4.78 is 1.93. The summed E-state index contributed by atoms with van der Waals surface area (Å²) in [5.41, 5.74) is 1.07. The maximum atomic E-state index is 12.3. The van der Waals surface area contributed by atoms with E-state index in [9.17, 15) is 4.79 Å². The highest BCUT2D eigenvalue weighted by Gasteiger charge is 2.45. The molecule has 7 heteroatoms. The number of carbonyl (C=O) groups excluding carboxylic acids is 1. The Bertz CT molecular complexity index is 729. The highest BCUT2D eigenvalue weighted by atomic mass is 16.2. The van der Waals surface area contributed by atoms with Crippen molar-refractivity contribution < 1.29 is 4.79 Å². The molecule has 4 heterocycles. The SMILES string of the molecule is CC(=O)N1[C@H](Cn2cccn2)C[C@@H]2CN(c3ncc(C)cn3)CC[C@@H]21. The molecule has 0 aromatic carbocycles. The Hall–Kier alpha value is -2.44. The van der Waals surface area contributed by atoms with Gasteiger partial charge in [-0.15, -0.1) is 0 Å². The van der Waals surface area contributed by atoms with Crippen LogP contribution >= 0.6 is 0 Å². The number of aryl methyl sites for hydroxylation is 1. The van der Waals surface area contributed by atoms with Crippen LogP contribution in [-0.2, 0) is 11.3 Å². The molecule has 0 N–H and O–H groups in total. The lowest BCUT2D eigenvalue weighted by molar-refractivity contribution is -0.132. The summed E-state index contributed by atoms with van der Waals surface area (Å²) in [6.07, 6.45) is 9.46. The van der Waals surface area contributed by atoms with E-state index < -0.39 is 0 Å². The van der Waals surface area contributed by atoms with Crippen molar-refractivity contribution in [3.63, 3.8) is 0 Å². The molecule has 3 atom stereocenters. The Balaban J connectivity index is 1.50. The zero-order valence-corrected chi connectivity index (χ0v) is 14.7. The predicted molar refractivity (Wildman–Crippen MR) is 94.0 cm³/mol. The van der Waals surface area contributed by atoms with Gasteiger partial charge in [0.2, 0.25) is 11.9 Å². The van der Waals surface area contributed by atoms with Gasteiger partial charge in [-0.05, 0) is 37.3 Å². The van der Waals surface area contributed by atoms with Crippen LogP contribution in [0.4, 0.5) is 5.95 Å². The number of likely N-dealkylation sites (tertiary alicyclic amines) is 1. The zero-order chi connectivity index (χ0) is 17.4. The van der Waals surface area contributed by atoms with Crippen LogP contribution in [0.3, 0.4) is 0 Å². The van der Waals surface area contributed by atoms with E-state index >= 15 is 0 Å². The highest BCUT2D eigenvalue weighted by molar-refractivity contribution is 5.74. The molecule has 0 aliphatic carbocycles. The van der Waals surface area contributed by atoms with Crippen LogP contribution in [0, 0.1) is 12.8 Å². The Labute approximate surface area is 147 Å². The maximum Gasteiger partial charge on any atom is 0.225 e. The molecule has 2 aromatic rings. The van der Waals surface area contributed by atoms with Gasteiger partial charge < -0.3 is 9.80 Å². The topological polar surface area (TPSA) is 67.2 Å². The third-order valence-electron chi connectivity index (χ3n) is 5.39. The number of fused-ring (bicyclic) bond motifs is 1. The average Bonchev–Trinajstić information content (AvgIpc) is 3.22. The van der Waals surface area contributed by atoms with Gasteiger partial charge in [0.1, 0.15) is 0 Å². The molecule has 4 rings (SSSR count). The van der Waals surface area contributed by atoms with Crippen LogP contribution in [0.1, 0.15) is 25.3 Å². The summed E-state index contributed by atoms with van der Waals surface area (Å²) in [5.74, 6) is 1.43. The maximum absolute atomic E-state index is 12.3. The van der Waals surface area contributed by atoms with Gasteiger partial charge in [-0.3, -0.25) is 9.48 Å². The Kier molecular flexibility index (Phi) is 4.15. The average molecular weight is 340 g/mol. The van der Waals surface area contributed by atoms with Gasteiger partial charge in [-0.2, -0.15) is 5.10 Å². The minimum absolute atomic E-state index is 0.171.